The molecule has 0 unspecified atom stereocenters. The lowest BCUT2D eigenvalue weighted by atomic mass is 9.90. The number of aromatic nitrogens is 4. The van der Waals surface area contributed by atoms with Crippen molar-refractivity contribution >= 4 is 84.4 Å². The van der Waals surface area contributed by atoms with E-state index < -0.39 is 40.8 Å². The van der Waals surface area contributed by atoms with Crippen molar-refractivity contribution in [1.29, 1.82) is 0 Å². The highest BCUT2D eigenvalue weighted by Crippen LogP contribution is 2.38. The van der Waals surface area contributed by atoms with Gasteiger partial charge in [-0.15, -0.1) is 0 Å². The Morgan fingerprint density at radius 3 is 1.12 bits per heavy atom. The van der Waals surface area contributed by atoms with Crippen LogP contribution in [0.4, 0.5) is 0 Å². The molecule has 0 spiro atoms. The fourth-order valence-electron chi connectivity index (χ4n) is 13.4. The highest BCUT2D eigenvalue weighted by molar-refractivity contribution is 7.87. The van der Waals surface area contributed by atoms with Crippen molar-refractivity contribution in [3.8, 4) is 0 Å². The van der Waals surface area contributed by atoms with Crippen LogP contribution in [0.3, 0.4) is 0 Å². The van der Waals surface area contributed by atoms with Crippen LogP contribution in [-0.4, -0.2) is 191 Å². The number of benzene rings is 4. The highest BCUT2D eigenvalue weighted by Gasteiger charge is 2.36. The molecule has 7 N–H and O–H groups in total. The maximum Gasteiger partial charge on any atom is 0.282 e. The number of H-pyrrole nitrogens is 4. The molecule has 484 valence electrons. The quantitative estimate of drug-likeness (QED) is 0.0504. The zero-order valence-corrected chi connectivity index (χ0v) is 54.6. The molecule has 0 radical (unpaired) electrons. The molecular formula is C63H88N12O10S4. The Hall–Kier alpha value is -5.56. The monoisotopic (exact) mass is 1300 g/mol. The number of para-hydroxylation sites is 4. The number of methoxy groups -OCH3 is 1. The maximum atomic E-state index is 12.7. The first-order valence-electron chi connectivity index (χ1n) is 31.2. The fraction of sp³-hybridized carbons (Fsp3) is 0.492. The van der Waals surface area contributed by atoms with Crippen LogP contribution in [0.2, 0.25) is 0 Å². The van der Waals surface area contributed by atoms with E-state index in [1.54, 1.807) is 24.3 Å². The maximum absolute atomic E-state index is 12.7. The van der Waals surface area contributed by atoms with Crippen molar-refractivity contribution in [2.45, 2.75) is 88.9 Å². The van der Waals surface area contributed by atoms with E-state index in [4.69, 9.17) is 14.6 Å². The Kier molecular flexibility index (Phi) is 22.2. The molecule has 4 aromatic carbocycles. The van der Waals surface area contributed by atoms with Crippen LogP contribution in [0.15, 0.2) is 122 Å². The van der Waals surface area contributed by atoms with E-state index >= 15 is 0 Å². The average molecular weight is 1300 g/mol. The second-order valence-electron chi connectivity index (χ2n) is 23.4. The molecule has 0 saturated carbocycles. The van der Waals surface area contributed by atoms with Gasteiger partial charge in [0.15, 0.2) is 0 Å². The molecule has 89 heavy (non-hydrogen) atoms. The van der Waals surface area contributed by atoms with Crippen LogP contribution in [0.5, 0.6) is 0 Å². The van der Waals surface area contributed by atoms with Gasteiger partial charge in [-0.1, -0.05) is 86.6 Å². The van der Waals surface area contributed by atoms with E-state index in [1.807, 2.05) is 56.4 Å². The number of piperidine rings is 4. The van der Waals surface area contributed by atoms with E-state index in [9.17, 15) is 33.7 Å². The van der Waals surface area contributed by atoms with E-state index in [2.05, 4.69) is 104 Å². The molecule has 26 heteroatoms. The molecule has 13 rings (SSSR count). The van der Waals surface area contributed by atoms with Crippen molar-refractivity contribution in [3.05, 3.63) is 144 Å². The second kappa shape index (κ2) is 29.8. The Labute approximate surface area is 525 Å². The summed E-state index contributed by atoms with van der Waals surface area (Å²) >= 11 is 0. The van der Waals surface area contributed by atoms with Gasteiger partial charge in [0.05, 0.1) is 19.8 Å². The predicted octanol–water partition coefficient (Wildman–Crippen LogP) is 8.24. The first kappa shape index (κ1) is 66.4. The molecule has 0 bridgehead atoms. The molecule has 8 aromatic rings. The number of hydrogen-bond acceptors (Lipinski definition) is 10. The average Bonchev–Trinajstić information content (AvgIpc) is 2.52. The number of nitrogens with one attached hydrogen (secondary N) is 5. The second-order valence-corrected chi connectivity index (χ2v) is 30.6. The normalized spacial score (nSPS) is 19.3. The van der Waals surface area contributed by atoms with Gasteiger partial charge in [-0.3, -0.25) is 0 Å². The molecule has 4 aromatic heterocycles. The summed E-state index contributed by atoms with van der Waals surface area (Å²) in [5.74, 6) is 1.64. The van der Waals surface area contributed by atoms with E-state index in [0.29, 0.717) is 129 Å². The lowest BCUT2D eigenvalue weighted by Gasteiger charge is -2.36. The Balaban J connectivity index is 0.000000131. The lowest BCUT2D eigenvalue weighted by Crippen LogP contribution is -2.50. The van der Waals surface area contributed by atoms with Gasteiger partial charge in [0.25, 0.3) is 40.8 Å². The standard InChI is InChI=1S/C17H23N3O3S.C17H25N3O2S.C16H23N3O3S.C13H17N3O2S/c21-24(22,20-9-11-23-12-10-20)19-7-5-14(6-8-19)16-13-18-17-4-2-1-3-15(16)17;1-3-19(4-2)23(21,22)20-11-9-14(10-12-20)16-13-18-17-8-6-5-7-15(16)17;1-22-11-8-18-23(20,21)19-9-6-13(7-10-19)15-12-17-16-5-3-2-4-14(15)16;14-19(17,18)16-7-5-10(6-8-16)12-9-15-13-4-2-1-3-11(12)13/h1-4,13-14,18H,5-12H2;5-8,13-14,18H,3-4,9-12H2,1-2H3;2-5,12-13,17-18H,6-11H2,1H3;1-4,9-10,15H,5-8H2,(H2,14,17,18). The Bertz CT molecular complexity index is 4040. The summed E-state index contributed by atoms with van der Waals surface area (Å²) < 4.78 is 120. The summed E-state index contributed by atoms with van der Waals surface area (Å²) in [6.45, 7) is 11.9. The molecule has 0 atom stereocenters. The van der Waals surface area contributed by atoms with Crippen molar-refractivity contribution in [2.75, 3.05) is 112 Å². The minimum atomic E-state index is -3.54. The Morgan fingerprint density at radius 1 is 0.472 bits per heavy atom. The van der Waals surface area contributed by atoms with Crippen LogP contribution >= 0.6 is 0 Å². The Morgan fingerprint density at radius 2 is 0.787 bits per heavy atom. The number of hydrogen-bond donors (Lipinski definition) is 6. The van der Waals surface area contributed by atoms with Crippen molar-refractivity contribution in [1.82, 2.24) is 50.5 Å². The number of ether oxygens (including phenoxy) is 2. The predicted molar refractivity (Wildman–Crippen MR) is 352 cm³/mol. The third-order valence-electron chi connectivity index (χ3n) is 18.3. The smallest absolute Gasteiger partial charge is 0.282 e. The molecule has 5 fully saturated rings. The molecule has 5 aliphatic rings. The third kappa shape index (κ3) is 15.7. The van der Waals surface area contributed by atoms with E-state index in [-0.39, 0.29) is 0 Å². The van der Waals surface area contributed by atoms with Gasteiger partial charge in [0, 0.05) is 161 Å². The topological polar surface area (TPSA) is 276 Å². The lowest BCUT2D eigenvalue weighted by molar-refractivity contribution is 0.0696. The third-order valence-corrected chi connectivity index (χ3v) is 25.3. The van der Waals surface area contributed by atoms with E-state index in [1.165, 1.54) is 52.4 Å². The van der Waals surface area contributed by atoms with Crippen LogP contribution in [0.1, 0.15) is 111 Å². The summed E-state index contributed by atoms with van der Waals surface area (Å²) in [6.07, 6.45) is 15.1. The fourth-order valence-corrected chi connectivity index (χ4v) is 18.6. The van der Waals surface area contributed by atoms with Crippen LogP contribution in [0, 0.1) is 0 Å². The number of morpholine rings is 1. The number of nitrogens with two attached hydrogens (primary N) is 1. The molecule has 9 heterocycles. The summed E-state index contributed by atoms with van der Waals surface area (Å²) in [6, 6.07) is 33.0. The number of rotatable bonds is 16. The molecule has 0 amide bonds. The molecule has 0 aliphatic carbocycles. The minimum Gasteiger partial charge on any atom is -0.383 e. The SMILES string of the molecule is CCN(CC)S(=O)(=O)N1CCC(c2c[nH]c3ccccc23)CC1.COCCNS(=O)(=O)N1CCC(c2c[nH]c3ccccc23)CC1.NS(=O)(=O)N1CCC(c2c[nH]c3ccccc23)CC1.O=S(=O)(N1CCOCC1)N1CCC(c2c[nH]c3ccccc23)CC1. The first-order valence-corrected chi connectivity index (χ1v) is 37.0. The first-order chi connectivity index (χ1) is 42.9. The van der Waals surface area contributed by atoms with Crippen molar-refractivity contribution in [2.24, 2.45) is 5.14 Å². The van der Waals surface area contributed by atoms with Gasteiger partial charge >= 0.3 is 0 Å². The molecular weight excluding hydrogens is 1210 g/mol. The molecule has 22 nitrogen and oxygen atoms in total. The van der Waals surface area contributed by atoms with Crippen LogP contribution in [-0.2, 0) is 50.3 Å². The number of aromatic amines is 4. The van der Waals surface area contributed by atoms with Crippen molar-refractivity contribution < 1.29 is 43.1 Å². The van der Waals surface area contributed by atoms with Crippen molar-refractivity contribution in [3.63, 3.8) is 0 Å². The zero-order chi connectivity index (χ0) is 62.8. The molecule has 5 saturated heterocycles. The van der Waals surface area contributed by atoms with E-state index in [0.717, 1.165) is 73.4 Å². The summed E-state index contributed by atoms with van der Waals surface area (Å²) in [4.78, 5) is 13.2. The van der Waals surface area contributed by atoms with Gasteiger partial charge in [-0.05, 0) is 122 Å². The minimum absolute atomic E-state index is 0.307. The number of nitrogens with zero attached hydrogens (tertiary/aromatic N) is 6. The van der Waals surface area contributed by atoms with Crippen LogP contribution in [0.25, 0.3) is 43.6 Å². The van der Waals surface area contributed by atoms with Crippen LogP contribution < -0.4 is 9.86 Å². The zero-order valence-electron chi connectivity index (χ0n) is 51.3. The van der Waals surface area contributed by atoms with Gasteiger partial charge in [-0.25, -0.2) is 5.14 Å². The summed E-state index contributed by atoms with van der Waals surface area (Å²) in [5, 5.41) is 10.2. The number of fused-ring (bicyclic) bond motifs is 4. The molecule has 5 aliphatic heterocycles. The highest BCUT2D eigenvalue weighted by atomic mass is 32.2. The van der Waals surface area contributed by atoms with Gasteiger partial charge < -0.3 is 29.4 Å². The van der Waals surface area contributed by atoms with Gasteiger partial charge in [-0.2, -0.15) is 64.2 Å². The summed E-state index contributed by atoms with van der Waals surface area (Å²) in [7, 11) is -12.0. The summed E-state index contributed by atoms with van der Waals surface area (Å²) in [5.41, 5.74) is 9.78. The van der Waals surface area contributed by atoms with Gasteiger partial charge in [0.1, 0.15) is 0 Å². The largest absolute Gasteiger partial charge is 0.383 e. The van der Waals surface area contributed by atoms with Gasteiger partial charge in [0.2, 0.25) is 0 Å².